The molecule has 1 fully saturated rings. The molecule has 0 bridgehead atoms. The minimum atomic E-state index is -3.55. The van der Waals surface area contributed by atoms with Gasteiger partial charge in [0.25, 0.3) is 5.91 Å². The molecule has 2 heterocycles. The number of morpholine rings is 1. The molecular weight excluding hydrogens is 362 g/mol. The molecule has 7 nitrogen and oxygen atoms in total. The number of aromatic nitrogens is 1. The van der Waals surface area contributed by atoms with Gasteiger partial charge in [-0.2, -0.15) is 4.31 Å². The summed E-state index contributed by atoms with van der Waals surface area (Å²) < 4.78 is 31.7. The Morgan fingerprint density at radius 1 is 1.20 bits per heavy atom. The zero-order valence-corrected chi connectivity index (χ0v) is 15.6. The Kier molecular flexibility index (Phi) is 5.19. The second-order valence-corrected chi connectivity index (χ2v) is 8.80. The first-order valence-electron chi connectivity index (χ1n) is 7.81. The minimum Gasteiger partial charge on any atom is -0.379 e. The van der Waals surface area contributed by atoms with E-state index in [1.165, 1.54) is 39.9 Å². The fourth-order valence-corrected chi connectivity index (χ4v) is 4.63. The molecule has 0 radical (unpaired) electrons. The van der Waals surface area contributed by atoms with E-state index in [9.17, 15) is 13.2 Å². The van der Waals surface area contributed by atoms with E-state index in [0.717, 1.165) is 10.6 Å². The quantitative estimate of drug-likeness (QED) is 0.875. The monoisotopic (exact) mass is 381 g/mol. The molecule has 1 aliphatic rings. The largest absolute Gasteiger partial charge is 0.379 e. The highest BCUT2D eigenvalue weighted by atomic mass is 32.2. The van der Waals surface area contributed by atoms with E-state index in [1.807, 2.05) is 13.8 Å². The Morgan fingerprint density at radius 2 is 1.84 bits per heavy atom. The van der Waals surface area contributed by atoms with Gasteiger partial charge in [-0.05, 0) is 38.1 Å². The van der Waals surface area contributed by atoms with Crippen molar-refractivity contribution in [2.45, 2.75) is 18.7 Å². The number of carbonyl (C=O) groups is 1. The predicted octanol–water partition coefficient (Wildman–Crippen LogP) is 2.03. The Labute approximate surface area is 150 Å². The number of amides is 1. The van der Waals surface area contributed by atoms with E-state index < -0.39 is 10.0 Å². The van der Waals surface area contributed by atoms with Crippen molar-refractivity contribution in [2.75, 3.05) is 31.6 Å². The topological polar surface area (TPSA) is 88.6 Å². The molecule has 0 spiro atoms. The van der Waals surface area contributed by atoms with Crippen molar-refractivity contribution in [3.05, 3.63) is 40.4 Å². The van der Waals surface area contributed by atoms with Crippen LogP contribution in [0.2, 0.25) is 0 Å². The van der Waals surface area contributed by atoms with Crippen LogP contribution in [0.1, 0.15) is 20.9 Å². The van der Waals surface area contributed by atoms with Crippen molar-refractivity contribution >= 4 is 32.4 Å². The number of ether oxygens (including phenoxy) is 1. The number of nitrogens with one attached hydrogen (secondary N) is 1. The van der Waals surface area contributed by atoms with Crippen molar-refractivity contribution in [2.24, 2.45) is 0 Å². The van der Waals surface area contributed by atoms with Gasteiger partial charge in [-0.25, -0.2) is 13.4 Å². The summed E-state index contributed by atoms with van der Waals surface area (Å²) >= 11 is 1.41. The SMILES string of the molecule is Cc1nc(NC(=O)c2ccc(S(=O)(=O)N3CCOCC3)cc2)sc1C. The Bertz CT molecular complexity index is 850. The fraction of sp³-hybridized carbons (Fsp3) is 0.375. The summed E-state index contributed by atoms with van der Waals surface area (Å²) in [5.74, 6) is -0.316. The first-order valence-corrected chi connectivity index (χ1v) is 10.1. The van der Waals surface area contributed by atoms with Crippen molar-refractivity contribution in [3.8, 4) is 0 Å². The highest BCUT2D eigenvalue weighted by molar-refractivity contribution is 7.89. The molecule has 0 unspecified atom stereocenters. The molecule has 9 heteroatoms. The van der Waals surface area contributed by atoms with Gasteiger partial charge in [0.1, 0.15) is 0 Å². The first-order chi connectivity index (χ1) is 11.9. The maximum atomic E-state index is 12.6. The number of anilines is 1. The van der Waals surface area contributed by atoms with E-state index in [4.69, 9.17) is 4.74 Å². The molecule has 134 valence electrons. The van der Waals surface area contributed by atoms with Crippen LogP contribution in [0.3, 0.4) is 0 Å². The van der Waals surface area contributed by atoms with Crippen LogP contribution in [0, 0.1) is 13.8 Å². The van der Waals surface area contributed by atoms with Gasteiger partial charge in [0, 0.05) is 23.5 Å². The van der Waals surface area contributed by atoms with Crippen LogP contribution in [0.25, 0.3) is 0 Å². The molecule has 2 aromatic rings. The molecule has 25 heavy (non-hydrogen) atoms. The van der Waals surface area contributed by atoms with Gasteiger partial charge in [0.2, 0.25) is 10.0 Å². The molecule has 1 saturated heterocycles. The maximum absolute atomic E-state index is 12.6. The number of thiazole rings is 1. The molecule has 3 rings (SSSR count). The number of benzene rings is 1. The van der Waals surface area contributed by atoms with E-state index in [1.54, 1.807) is 0 Å². The molecule has 0 saturated carbocycles. The molecule has 1 aromatic carbocycles. The maximum Gasteiger partial charge on any atom is 0.257 e. The van der Waals surface area contributed by atoms with Crippen molar-refractivity contribution in [3.63, 3.8) is 0 Å². The third-order valence-electron chi connectivity index (χ3n) is 3.97. The number of rotatable bonds is 4. The van der Waals surface area contributed by atoms with Crippen LogP contribution in [-0.4, -0.2) is 49.9 Å². The molecule has 1 aromatic heterocycles. The van der Waals surface area contributed by atoms with Crippen molar-refractivity contribution in [1.82, 2.24) is 9.29 Å². The number of aryl methyl sites for hydroxylation is 2. The highest BCUT2D eigenvalue weighted by Gasteiger charge is 2.26. The normalized spacial score (nSPS) is 15.9. The van der Waals surface area contributed by atoms with Gasteiger partial charge in [0.15, 0.2) is 5.13 Å². The van der Waals surface area contributed by atoms with Gasteiger partial charge in [-0.1, -0.05) is 0 Å². The second kappa shape index (κ2) is 7.20. The molecule has 1 amide bonds. The zero-order valence-electron chi connectivity index (χ0n) is 14.0. The molecule has 1 aliphatic heterocycles. The lowest BCUT2D eigenvalue weighted by atomic mass is 10.2. The number of nitrogens with zero attached hydrogens (tertiary/aromatic N) is 2. The molecule has 0 aliphatic carbocycles. The second-order valence-electron chi connectivity index (χ2n) is 5.66. The van der Waals surface area contributed by atoms with Crippen LogP contribution in [0.5, 0.6) is 0 Å². The highest BCUT2D eigenvalue weighted by Crippen LogP contribution is 2.22. The number of hydrogen-bond donors (Lipinski definition) is 1. The van der Waals surface area contributed by atoms with Gasteiger partial charge >= 0.3 is 0 Å². The van der Waals surface area contributed by atoms with Gasteiger partial charge in [0.05, 0.1) is 23.8 Å². The zero-order chi connectivity index (χ0) is 18.0. The van der Waals surface area contributed by atoms with Crippen LogP contribution in [-0.2, 0) is 14.8 Å². The van der Waals surface area contributed by atoms with Gasteiger partial charge in [-0.15, -0.1) is 11.3 Å². The average molecular weight is 381 g/mol. The Morgan fingerprint density at radius 3 is 2.40 bits per heavy atom. The average Bonchev–Trinajstić information content (AvgIpc) is 2.93. The summed E-state index contributed by atoms with van der Waals surface area (Å²) in [4.78, 5) is 17.8. The number of sulfonamides is 1. The smallest absolute Gasteiger partial charge is 0.257 e. The standard InChI is InChI=1S/C16H19N3O4S2/c1-11-12(2)24-16(17-11)18-15(20)13-3-5-14(6-4-13)25(21,22)19-7-9-23-10-8-19/h3-6H,7-10H2,1-2H3,(H,17,18,20). The summed E-state index contributed by atoms with van der Waals surface area (Å²) in [5, 5.41) is 3.27. The van der Waals surface area contributed by atoms with Crippen LogP contribution >= 0.6 is 11.3 Å². The minimum absolute atomic E-state index is 0.173. The van der Waals surface area contributed by atoms with E-state index in [-0.39, 0.29) is 10.8 Å². The summed E-state index contributed by atoms with van der Waals surface area (Å²) in [7, 11) is -3.55. The summed E-state index contributed by atoms with van der Waals surface area (Å²) in [6, 6.07) is 5.93. The summed E-state index contributed by atoms with van der Waals surface area (Å²) in [5.41, 5.74) is 1.26. The fourth-order valence-electron chi connectivity index (χ4n) is 2.41. The first kappa shape index (κ1) is 18.0. The third-order valence-corrected chi connectivity index (χ3v) is 6.87. The summed E-state index contributed by atoms with van der Waals surface area (Å²) in [6.07, 6.45) is 0. The van der Waals surface area contributed by atoms with Crippen LogP contribution < -0.4 is 5.32 Å². The lowest BCUT2D eigenvalue weighted by Gasteiger charge is -2.26. The third kappa shape index (κ3) is 3.90. The van der Waals surface area contributed by atoms with Crippen molar-refractivity contribution in [1.29, 1.82) is 0 Å². The number of hydrogen-bond acceptors (Lipinski definition) is 6. The van der Waals surface area contributed by atoms with Crippen molar-refractivity contribution < 1.29 is 17.9 Å². The number of carbonyl (C=O) groups excluding carboxylic acids is 1. The summed E-state index contributed by atoms with van der Waals surface area (Å²) in [6.45, 7) is 5.29. The van der Waals surface area contributed by atoms with E-state index >= 15 is 0 Å². The lowest BCUT2D eigenvalue weighted by molar-refractivity contribution is 0.0730. The Balaban J connectivity index is 1.74. The van der Waals surface area contributed by atoms with Crippen LogP contribution in [0.4, 0.5) is 5.13 Å². The predicted molar refractivity (Wildman–Crippen MR) is 95.6 cm³/mol. The lowest BCUT2D eigenvalue weighted by Crippen LogP contribution is -2.40. The van der Waals surface area contributed by atoms with Gasteiger partial charge < -0.3 is 4.74 Å². The van der Waals surface area contributed by atoms with Gasteiger partial charge in [-0.3, -0.25) is 10.1 Å². The van der Waals surface area contributed by atoms with Crippen LogP contribution in [0.15, 0.2) is 29.2 Å². The Hall–Kier alpha value is -1.81. The van der Waals surface area contributed by atoms with E-state index in [2.05, 4.69) is 10.3 Å². The molecular formula is C16H19N3O4S2. The molecule has 1 N–H and O–H groups in total. The van der Waals surface area contributed by atoms with E-state index in [0.29, 0.717) is 37.0 Å². The molecule has 0 atom stereocenters.